The van der Waals surface area contributed by atoms with Gasteiger partial charge in [-0.25, -0.2) is 0 Å². The van der Waals surface area contributed by atoms with Crippen LogP contribution in [-0.4, -0.2) is 28.6 Å². The molecule has 0 aromatic carbocycles. The van der Waals surface area contributed by atoms with Crippen molar-refractivity contribution in [1.29, 1.82) is 0 Å². The molecule has 3 aliphatic carbocycles. The molecule has 3 saturated carbocycles. The van der Waals surface area contributed by atoms with E-state index < -0.39 is 23.2 Å². The summed E-state index contributed by atoms with van der Waals surface area (Å²) in [7, 11) is 0. The van der Waals surface area contributed by atoms with E-state index >= 15 is 0 Å². The third kappa shape index (κ3) is 1.62. The Balaban J connectivity index is 1.82. The molecule has 128 valence electrons. The Morgan fingerprint density at radius 3 is 2.52 bits per heavy atom. The topological polar surface area (TPSA) is 66.8 Å². The SMILES string of the molecule is C=C1C2CCC3C(CCC4C(C)(C)C(=O)OC(O)C43C)(C2)C1O. The van der Waals surface area contributed by atoms with Crippen molar-refractivity contribution in [3.8, 4) is 0 Å². The first-order valence-corrected chi connectivity index (χ1v) is 8.91. The number of carbonyl (C=O) groups excluding carboxylic acids is 1. The molecule has 0 aromatic heterocycles. The average molecular weight is 320 g/mol. The van der Waals surface area contributed by atoms with Crippen LogP contribution in [0.5, 0.6) is 0 Å². The molecule has 1 heterocycles. The van der Waals surface area contributed by atoms with Gasteiger partial charge in [0.15, 0.2) is 0 Å². The van der Waals surface area contributed by atoms with Gasteiger partial charge >= 0.3 is 5.97 Å². The molecule has 7 atom stereocenters. The number of aliphatic hydroxyl groups excluding tert-OH is 2. The van der Waals surface area contributed by atoms with E-state index in [1.807, 2.05) is 13.8 Å². The molecule has 4 fully saturated rings. The van der Waals surface area contributed by atoms with Gasteiger partial charge in [-0.1, -0.05) is 13.5 Å². The molecule has 7 unspecified atom stereocenters. The maximum absolute atomic E-state index is 12.3. The quantitative estimate of drug-likeness (QED) is 0.532. The molecule has 1 saturated heterocycles. The van der Waals surface area contributed by atoms with Gasteiger partial charge in [0.25, 0.3) is 0 Å². The summed E-state index contributed by atoms with van der Waals surface area (Å²) in [6.45, 7) is 10.1. The van der Waals surface area contributed by atoms with Crippen LogP contribution in [-0.2, 0) is 9.53 Å². The summed E-state index contributed by atoms with van der Waals surface area (Å²) < 4.78 is 5.40. The minimum absolute atomic E-state index is 0.0829. The van der Waals surface area contributed by atoms with E-state index in [1.165, 1.54) is 0 Å². The van der Waals surface area contributed by atoms with Crippen molar-refractivity contribution in [3.63, 3.8) is 0 Å². The predicted octanol–water partition coefficient (Wildman–Crippen LogP) is 2.64. The van der Waals surface area contributed by atoms with Crippen LogP contribution >= 0.6 is 0 Å². The number of carbonyl (C=O) groups is 1. The number of aliphatic hydroxyl groups is 2. The normalized spacial score (nSPS) is 54.2. The van der Waals surface area contributed by atoms with Crippen LogP contribution in [0.15, 0.2) is 12.2 Å². The molecular formula is C19H28O4. The van der Waals surface area contributed by atoms with Gasteiger partial charge in [0, 0.05) is 10.8 Å². The van der Waals surface area contributed by atoms with Crippen molar-refractivity contribution in [3.05, 3.63) is 12.2 Å². The lowest BCUT2D eigenvalue weighted by molar-refractivity contribution is -0.289. The summed E-state index contributed by atoms with van der Waals surface area (Å²) >= 11 is 0. The van der Waals surface area contributed by atoms with Crippen molar-refractivity contribution in [2.24, 2.45) is 34.0 Å². The summed E-state index contributed by atoms with van der Waals surface area (Å²) in [5.74, 6) is 0.368. The Labute approximate surface area is 137 Å². The molecule has 0 radical (unpaired) electrons. The van der Waals surface area contributed by atoms with Crippen LogP contribution in [0.2, 0.25) is 0 Å². The van der Waals surface area contributed by atoms with E-state index in [1.54, 1.807) is 0 Å². The van der Waals surface area contributed by atoms with Crippen molar-refractivity contribution < 1.29 is 19.7 Å². The van der Waals surface area contributed by atoms with E-state index in [2.05, 4.69) is 13.5 Å². The largest absolute Gasteiger partial charge is 0.435 e. The molecular weight excluding hydrogens is 292 g/mol. The second kappa shape index (κ2) is 4.40. The second-order valence-electron chi connectivity index (χ2n) is 9.18. The lowest BCUT2D eigenvalue weighted by Gasteiger charge is -2.63. The zero-order valence-electron chi connectivity index (χ0n) is 14.3. The standard InChI is InChI=1S/C19H28O4/c1-10-11-5-6-13-18(4)12(7-8-19(13,9-11)14(10)20)17(2,3)15(21)23-16(18)22/h11-14,16,20,22H,1,5-9H2,2-4H3. The summed E-state index contributed by atoms with van der Waals surface area (Å²) in [6.07, 6.45) is 3.17. The van der Waals surface area contributed by atoms with E-state index in [9.17, 15) is 15.0 Å². The van der Waals surface area contributed by atoms with Gasteiger partial charge in [-0.3, -0.25) is 4.79 Å². The maximum Gasteiger partial charge on any atom is 0.314 e. The van der Waals surface area contributed by atoms with Gasteiger partial charge in [-0.2, -0.15) is 0 Å². The molecule has 4 nitrogen and oxygen atoms in total. The Morgan fingerprint density at radius 1 is 1.13 bits per heavy atom. The fourth-order valence-electron chi connectivity index (χ4n) is 6.88. The molecule has 2 N–H and O–H groups in total. The van der Waals surface area contributed by atoms with E-state index in [4.69, 9.17) is 4.74 Å². The van der Waals surface area contributed by atoms with E-state index in [-0.39, 0.29) is 23.2 Å². The van der Waals surface area contributed by atoms with Crippen LogP contribution in [0.3, 0.4) is 0 Å². The Kier molecular flexibility index (Phi) is 2.99. The van der Waals surface area contributed by atoms with Crippen molar-refractivity contribution in [2.75, 3.05) is 0 Å². The van der Waals surface area contributed by atoms with Crippen LogP contribution < -0.4 is 0 Å². The first kappa shape index (κ1) is 15.6. The predicted molar refractivity (Wildman–Crippen MR) is 85.1 cm³/mol. The highest BCUT2D eigenvalue weighted by Gasteiger charge is 2.70. The van der Waals surface area contributed by atoms with Gasteiger partial charge in [-0.05, 0) is 69.3 Å². The summed E-state index contributed by atoms with van der Waals surface area (Å²) in [4.78, 5) is 12.3. The van der Waals surface area contributed by atoms with Crippen LogP contribution in [0.25, 0.3) is 0 Å². The lowest BCUT2D eigenvalue weighted by Crippen LogP contribution is -2.66. The Bertz CT molecular complexity index is 582. The summed E-state index contributed by atoms with van der Waals surface area (Å²) in [5, 5.41) is 21.7. The van der Waals surface area contributed by atoms with E-state index in [0.29, 0.717) is 5.92 Å². The first-order valence-electron chi connectivity index (χ1n) is 8.91. The third-order valence-electron chi connectivity index (χ3n) is 8.09. The average Bonchev–Trinajstić information content (AvgIpc) is 2.67. The van der Waals surface area contributed by atoms with Gasteiger partial charge in [0.1, 0.15) is 0 Å². The molecule has 1 spiro atoms. The molecule has 4 rings (SSSR count). The van der Waals surface area contributed by atoms with Crippen molar-refractivity contribution in [1.82, 2.24) is 0 Å². The number of cyclic esters (lactones) is 1. The Morgan fingerprint density at radius 2 is 1.83 bits per heavy atom. The monoisotopic (exact) mass is 320 g/mol. The van der Waals surface area contributed by atoms with Crippen LogP contribution in [0, 0.1) is 34.0 Å². The molecule has 23 heavy (non-hydrogen) atoms. The van der Waals surface area contributed by atoms with Gasteiger partial charge < -0.3 is 14.9 Å². The zero-order chi connectivity index (χ0) is 16.8. The number of fused-ring (bicyclic) bond motifs is 3. The first-order chi connectivity index (χ1) is 10.7. The van der Waals surface area contributed by atoms with Gasteiger partial charge in [-0.15, -0.1) is 0 Å². The summed E-state index contributed by atoms with van der Waals surface area (Å²) in [6, 6.07) is 0. The van der Waals surface area contributed by atoms with Gasteiger partial charge in [0.2, 0.25) is 6.29 Å². The van der Waals surface area contributed by atoms with Crippen LogP contribution in [0.1, 0.15) is 52.9 Å². The minimum atomic E-state index is -1.08. The number of hydrogen-bond acceptors (Lipinski definition) is 4. The molecule has 2 bridgehead atoms. The lowest BCUT2D eigenvalue weighted by atomic mass is 9.43. The molecule has 0 aromatic rings. The van der Waals surface area contributed by atoms with Crippen molar-refractivity contribution >= 4 is 5.97 Å². The number of esters is 1. The zero-order valence-corrected chi connectivity index (χ0v) is 14.3. The highest BCUT2D eigenvalue weighted by Crippen LogP contribution is 2.71. The molecule has 1 aliphatic heterocycles. The molecule has 0 amide bonds. The fraction of sp³-hybridized carbons (Fsp3) is 0.842. The smallest absolute Gasteiger partial charge is 0.314 e. The maximum atomic E-state index is 12.3. The van der Waals surface area contributed by atoms with Gasteiger partial charge in [0.05, 0.1) is 11.5 Å². The van der Waals surface area contributed by atoms with Crippen LogP contribution in [0.4, 0.5) is 0 Å². The van der Waals surface area contributed by atoms with E-state index in [0.717, 1.165) is 37.7 Å². The molecule has 4 aliphatic rings. The number of hydrogen-bond donors (Lipinski definition) is 2. The number of ether oxygens (including phenoxy) is 1. The number of rotatable bonds is 0. The highest BCUT2D eigenvalue weighted by atomic mass is 16.6. The molecule has 4 heteroatoms. The minimum Gasteiger partial charge on any atom is -0.435 e. The third-order valence-corrected chi connectivity index (χ3v) is 8.09. The van der Waals surface area contributed by atoms with Crippen molar-refractivity contribution in [2.45, 2.75) is 65.3 Å². The second-order valence-corrected chi connectivity index (χ2v) is 9.18. The summed E-state index contributed by atoms with van der Waals surface area (Å²) in [5.41, 5.74) is -0.290. The fourth-order valence-corrected chi connectivity index (χ4v) is 6.88. The highest BCUT2D eigenvalue weighted by molar-refractivity contribution is 5.77. The Hall–Kier alpha value is -0.870.